The number of aromatic nitrogens is 3. The van der Waals surface area contributed by atoms with Gasteiger partial charge >= 0.3 is 0 Å². The Hall–Kier alpha value is -2.37. The molecule has 2 aromatic heterocycles. The highest BCUT2D eigenvalue weighted by atomic mass is 35.5. The summed E-state index contributed by atoms with van der Waals surface area (Å²) >= 11 is 7.66. The quantitative estimate of drug-likeness (QED) is 0.446. The Morgan fingerprint density at radius 1 is 1.08 bits per heavy atom. The molecule has 4 rings (SSSR count). The van der Waals surface area contributed by atoms with Crippen LogP contribution in [0.25, 0.3) is 16.8 Å². The second-order valence-corrected chi connectivity index (χ2v) is 6.85. The van der Waals surface area contributed by atoms with E-state index in [0.717, 1.165) is 27.4 Å². The molecule has 124 valence electrons. The van der Waals surface area contributed by atoms with Crippen molar-refractivity contribution in [3.63, 3.8) is 0 Å². The van der Waals surface area contributed by atoms with E-state index in [1.54, 1.807) is 24.0 Å². The van der Waals surface area contributed by atoms with Gasteiger partial charge in [0.05, 0.1) is 11.2 Å². The Morgan fingerprint density at radius 2 is 1.92 bits per heavy atom. The third-order valence-electron chi connectivity index (χ3n) is 3.80. The number of hydrogen-bond acceptors (Lipinski definition) is 3. The maximum atomic E-state index is 13.2. The van der Waals surface area contributed by atoms with Crippen molar-refractivity contribution in [1.29, 1.82) is 0 Å². The zero-order chi connectivity index (χ0) is 17.2. The van der Waals surface area contributed by atoms with Gasteiger partial charge in [-0.25, -0.2) is 13.9 Å². The van der Waals surface area contributed by atoms with E-state index >= 15 is 0 Å². The summed E-state index contributed by atoms with van der Waals surface area (Å²) in [5, 5.41) is 5.90. The number of benzene rings is 2. The molecule has 25 heavy (non-hydrogen) atoms. The van der Waals surface area contributed by atoms with Crippen LogP contribution < -0.4 is 0 Å². The largest absolute Gasteiger partial charge is 0.246 e. The topological polar surface area (TPSA) is 30.2 Å². The highest BCUT2D eigenvalue weighted by molar-refractivity contribution is 7.98. The van der Waals surface area contributed by atoms with Crippen LogP contribution in [0.3, 0.4) is 0 Å². The second-order valence-electron chi connectivity index (χ2n) is 5.48. The van der Waals surface area contributed by atoms with Crippen LogP contribution >= 0.6 is 23.4 Å². The molecule has 0 bridgehead atoms. The van der Waals surface area contributed by atoms with Gasteiger partial charge in [-0.1, -0.05) is 59.8 Å². The number of halogens is 2. The SMILES string of the molecule is Fc1ccc(CSc2nccn3nc(-c4ccccc4)cc23)c(Cl)c1. The fourth-order valence-electron chi connectivity index (χ4n) is 2.54. The molecule has 4 aromatic rings. The van der Waals surface area contributed by atoms with Crippen molar-refractivity contribution in [2.45, 2.75) is 10.8 Å². The van der Waals surface area contributed by atoms with E-state index in [-0.39, 0.29) is 5.82 Å². The first kappa shape index (κ1) is 16.1. The summed E-state index contributed by atoms with van der Waals surface area (Å²) in [5.41, 5.74) is 3.77. The van der Waals surface area contributed by atoms with Crippen molar-refractivity contribution in [1.82, 2.24) is 14.6 Å². The third kappa shape index (κ3) is 3.38. The van der Waals surface area contributed by atoms with Gasteiger partial charge in [-0.05, 0) is 23.8 Å². The number of nitrogens with zero attached hydrogens (tertiary/aromatic N) is 3. The number of thioether (sulfide) groups is 1. The van der Waals surface area contributed by atoms with Crippen molar-refractivity contribution in [3.05, 3.63) is 83.4 Å². The van der Waals surface area contributed by atoms with Gasteiger partial charge in [0.15, 0.2) is 0 Å². The Balaban J connectivity index is 1.64. The molecule has 3 nitrogen and oxygen atoms in total. The van der Waals surface area contributed by atoms with Gasteiger partial charge in [0.2, 0.25) is 0 Å². The summed E-state index contributed by atoms with van der Waals surface area (Å²) in [6, 6.07) is 16.5. The lowest BCUT2D eigenvalue weighted by molar-refractivity contribution is 0.627. The first-order chi connectivity index (χ1) is 12.2. The lowest BCUT2D eigenvalue weighted by Gasteiger charge is -2.05. The predicted molar refractivity (Wildman–Crippen MR) is 99.4 cm³/mol. The Morgan fingerprint density at radius 3 is 2.72 bits per heavy atom. The molecule has 6 heteroatoms. The zero-order valence-corrected chi connectivity index (χ0v) is 14.6. The molecule has 0 aliphatic heterocycles. The minimum Gasteiger partial charge on any atom is -0.246 e. The molecule has 0 atom stereocenters. The summed E-state index contributed by atoms with van der Waals surface area (Å²) in [6.45, 7) is 0. The molecule has 0 unspecified atom stereocenters. The van der Waals surface area contributed by atoms with Crippen molar-refractivity contribution in [2.24, 2.45) is 0 Å². The summed E-state index contributed by atoms with van der Waals surface area (Å²) in [7, 11) is 0. The number of fused-ring (bicyclic) bond motifs is 1. The van der Waals surface area contributed by atoms with E-state index in [1.807, 2.05) is 47.1 Å². The standard InChI is InChI=1S/C19H13ClFN3S/c20-16-10-15(21)7-6-14(16)12-25-19-18-11-17(13-4-2-1-3-5-13)23-24(18)9-8-22-19/h1-11H,12H2. The Labute approximate surface area is 153 Å². The summed E-state index contributed by atoms with van der Waals surface area (Å²) < 4.78 is 15.0. The van der Waals surface area contributed by atoms with Crippen LogP contribution in [0.1, 0.15) is 5.56 Å². The van der Waals surface area contributed by atoms with Crippen LogP contribution in [0, 0.1) is 5.82 Å². The average molecular weight is 370 g/mol. The molecular weight excluding hydrogens is 357 g/mol. The predicted octanol–water partition coefficient (Wildman–Crippen LogP) is 5.48. The summed E-state index contributed by atoms with van der Waals surface area (Å²) in [5.74, 6) is 0.278. The maximum Gasteiger partial charge on any atom is 0.124 e. The van der Waals surface area contributed by atoms with Crippen LogP contribution in [0.15, 0.2) is 72.0 Å². The normalized spacial score (nSPS) is 11.1. The van der Waals surface area contributed by atoms with Gasteiger partial charge < -0.3 is 0 Å². The van der Waals surface area contributed by atoms with Gasteiger partial charge in [-0.15, -0.1) is 0 Å². The molecule has 0 spiro atoms. The van der Waals surface area contributed by atoms with E-state index in [1.165, 1.54) is 12.1 Å². The van der Waals surface area contributed by atoms with Crippen LogP contribution in [-0.4, -0.2) is 14.6 Å². The van der Waals surface area contributed by atoms with Crippen molar-refractivity contribution >= 4 is 28.9 Å². The zero-order valence-electron chi connectivity index (χ0n) is 13.1. The monoisotopic (exact) mass is 369 g/mol. The smallest absolute Gasteiger partial charge is 0.124 e. The van der Waals surface area contributed by atoms with Gasteiger partial charge in [-0.3, -0.25) is 0 Å². The minimum absolute atomic E-state index is 0.331. The number of hydrogen-bond donors (Lipinski definition) is 0. The summed E-state index contributed by atoms with van der Waals surface area (Å²) in [6.07, 6.45) is 3.56. The minimum atomic E-state index is -0.331. The molecule has 2 aromatic carbocycles. The van der Waals surface area contributed by atoms with Crippen molar-refractivity contribution in [2.75, 3.05) is 0 Å². The van der Waals surface area contributed by atoms with Crippen LogP contribution in [-0.2, 0) is 5.75 Å². The molecule has 0 amide bonds. The fourth-order valence-corrected chi connectivity index (χ4v) is 3.84. The molecule has 2 heterocycles. The van der Waals surface area contributed by atoms with Crippen LogP contribution in [0.5, 0.6) is 0 Å². The first-order valence-electron chi connectivity index (χ1n) is 7.67. The van der Waals surface area contributed by atoms with E-state index in [9.17, 15) is 4.39 Å². The molecule has 0 fully saturated rings. The molecule has 0 N–H and O–H groups in total. The summed E-state index contributed by atoms with van der Waals surface area (Å²) in [4.78, 5) is 4.46. The van der Waals surface area contributed by atoms with Crippen LogP contribution in [0.2, 0.25) is 5.02 Å². The third-order valence-corrected chi connectivity index (χ3v) is 5.20. The van der Waals surface area contributed by atoms with E-state index in [4.69, 9.17) is 11.6 Å². The highest BCUT2D eigenvalue weighted by Crippen LogP contribution is 2.30. The van der Waals surface area contributed by atoms with E-state index in [2.05, 4.69) is 10.1 Å². The number of rotatable bonds is 4. The average Bonchev–Trinajstić information content (AvgIpc) is 3.07. The van der Waals surface area contributed by atoms with Crippen molar-refractivity contribution in [3.8, 4) is 11.3 Å². The molecule has 0 aliphatic carbocycles. The van der Waals surface area contributed by atoms with E-state index in [0.29, 0.717) is 10.8 Å². The highest BCUT2D eigenvalue weighted by Gasteiger charge is 2.10. The van der Waals surface area contributed by atoms with Crippen molar-refractivity contribution < 1.29 is 4.39 Å². The van der Waals surface area contributed by atoms with Gasteiger partial charge in [-0.2, -0.15) is 5.10 Å². The molecule has 0 saturated heterocycles. The molecule has 0 saturated carbocycles. The Bertz CT molecular complexity index is 1030. The lowest BCUT2D eigenvalue weighted by atomic mass is 10.1. The molecular formula is C19H13ClFN3S. The van der Waals surface area contributed by atoms with Crippen LogP contribution in [0.4, 0.5) is 4.39 Å². The first-order valence-corrected chi connectivity index (χ1v) is 9.03. The van der Waals surface area contributed by atoms with Gasteiger partial charge in [0.1, 0.15) is 10.8 Å². The van der Waals surface area contributed by atoms with E-state index < -0.39 is 0 Å². The molecule has 0 radical (unpaired) electrons. The maximum absolute atomic E-state index is 13.2. The van der Waals surface area contributed by atoms with Gasteiger partial charge in [0, 0.05) is 28.7 Å². The Kier molecular flexibility index (Phi) is 4.42. The molecule has 0 aliphatic rings. The van der Waals surface area contributed by atoms with Gasteiger partial charge in [0.25, 0.3) is 0 Å². The fraction of sp³-hybridized carbons (Fsp3) is 0.0526. The second kappa shape index (κ2) is 6.86. The lowest BCUT2D eigenvalue weighted by Crippen LogP contribution is -1.92.